The monoisotopic (exact) mass is 814 g/mol. The van der Waals surface area contributed by atoms with Crippen LogP contribution in [-0.2, 0) is 4.79 Å². The number of hydrogen-bond donors (Lipinski definition) is 3. The Hall–Kier alpha value is -1.39. The Morgan fingerprint density at radius 1 is 0.397 bits per heavy atom. The maximum Gasteiger partial charge on any atom is 0.220 e. The van der Waals surface area contributed by atoms with Crippen LogP contribution >= 0.6 is 0 Å². The average molecular weight is 814 g/mol. The summed E-state index contributed by atoms with van der Waals surface area (Å²) in [5, 5.41) is 23.1. The quantitative estimate of drug-likeness (QED) is 0.0423. The number of nitrogens with one attached hydrogen (secondary N) is 1. The fourth-order valence-electron chi connectivity index (χ4n) is 8.07. The van der Waals surface area contributed by atoms with E-state index in [-0.39, 0.29) is 12.5 Å². The van der Waals surface area contributed by atoms with Crippen molar-refractivity contribution in [1.29, 1.82) is 0 Å². The summed E-state index contributed by atoms with van der Waals surface area (Å²) < 4.78 is 0. The predicted octanol–water partition coefficient (Wildman–Crippen LogP) is 16.9. The highest BCUT2D eigenvalue weighted by Gasteiger charge is 2.17. The second kappa shape index (κ2) is 50.0. The molecule has 0 saturated heterocycles. The number of unbranched alkanes of at least 4 members (excludes halogenated alkanes) is 37. The third-order valence-corrected chi connectivity index (χ3v) is 12.1. The van der Waals surface area contributed by atoms with E-state index in [1.807, 2.05) is 6.08 Å². The maximum absolute atomic E-state index is 12.4. The van der Waals surface area contributed by atoms with Crippen LogP contribution in [0.4, 0.5) is 0 Å². The maximum atomic E-state index is 12.4. The summed E-state index contributed by atoms with van der Waals surface area (Å²) in [5.74, 6) is -0.0806. The van der Waals surface area contributed by atoms with Crippen molar-refractivity contribution < 1.29 is 15.0 Å². The molecule has 2 unspecified atom stereocenters. The highest BCUT2D eigenvalue weighted by molar-refractivity contribution is 5.76. The van der Waals surface area contributed by atoms with E-state index in [9.17, 15) is 15.0 Å². The largest absolute Gasteiger partial charge is 0.394 e. The lowest BCUT2D eigenvalue weighted by molar-refractivity contribution is -0.123. The Kier molecular flexibility index (Phi) is 48.8. The van der Waals surface area contributed by atoms with E-state index < -0.39 is 12.1 Å². The molecule has 2 atom stereocenters. The molecule has 0 spiro atoms. The van der Waals surface area contributed by atoms with Gasteiger partial charge in [0.15, 0.2) is 0 Å². The minimum absolute atomic E-state index is 0.0806. The summed E-state index contributed by atoms with van der Waals surface area (Å²) in [6, 6.07) is -0.643. The van der Waals surface area contributed by atoms with Crippen LogP contribution in [-0.4, -0.2) is 34.9 Å². The third-order valence-electron chi connectivity index (χ3n) is 12.1. The summed E-state index contributed by atoms with van der Waals surface area (Å²) in [6.07, 6.45) is 67.3. The molecule has 0 saturated carbocycles. The first-order chi connectivity index (χ1) is 28.7. The van der Waals surface area contributed by atoms with Crippen LogP contribution in [0, 0.1) is 0 Å². The Morgan fingerprint density at radius 2 is 0.672 bits per heavy atom. The molecule has 0 aromatic rings. The van der Waals surface area contributed by atoms with Gasteiger partial charge in [0.05, 0.1) is 18.8 Å². The lowest BCUT2D eigenvalue weighted by Crippen LogP contribution is -2.45. The molecule has 58 heavy (non-hydrogen) atoms. The number of carbonyl (C=O) groups excluding carboxylic acids is 1. The molecule has 0 fully saturated rings. The molecule has 3 N–H and O–H groups in total. The van der Waals surface area contributed by atoms with Crippen molar-refractivity contribution in [2.24, 2.45) is 0 Å². The van der Waals surface area contributed by atoms with Crippen LogP contribution < -0.4 is 5.32 Å². The Labute approximate surface area is 363 Å². The standard InChI is InChI=1S/C54H103NO3/c1-3-5-7-9-11-13-15-17-19-20-21-22-23-24-25-26-27-28-29-30-31-32-33-34-36-37-39-41-43-45-47-49-53(57)52(51-56)55-54(58)50-48-46-44-42-40-38-35-18-16-14-12-10-8-6-4-2/h18,35,39,41,47,49,52-53,56-57H,3-17,19-34,36-38,40,42-46,48,50-51H2,1-2H3,(H,55,58)/b35-18-,41-39+,49-47+. The molecule has 342 valence electrons. The van der Waals surface area contributed by atoms with Gasteiger partial charge in [0.2, 0.25) is 5.91 Å². The topological polar surface area (TPSA) is 69.6 Å². The summed E-state index contributed by atoms with van der Waals surface area (Å²) in [7, 11) is 0. The van der Waals surface area contributed by atoms with Crippen LogP contribution in [0.15, 0.2) is 36.5 Å². The van der Waals surface area contributed by atoms with Gasteiger partial charge in [0.25, 0.3) is 0 Å². The second-order valence-corrected chi connectivity index (χ2v) is 17.9. The van der Waals surface area contributed by atoms with Gasteiger partial charge in [0.1, 0.15) is 0 Å². The number of hydrogen-bond acceptors (Lipinski definition) is 3. The van der Waals surface area contributed by atoms with Crippen molar-refractivity contribution in [3.63, 3.8) is 0 Å². The zero-order valence-electron chi connectivity index (χ0n) is 39.3. The van der Waals surface area contributed by atoms with Crippen molar-refractivity contribution in [3.05, 3.63) is 36.5 Å². The van der Waals surface area contributed by atoms with Crippen LogP contribution in [0.5, 0.6) is 0 Å². The average Bonchev–Trinajstić information content (AvgIpc) is 3.23. The summed E-state index contributed by atoms with van der Waals surface area (Å²) in [4.78, 5) is 12.4. The lowest BCUT2D eigenvalue weighted by Gasteiger charge is -2.19. The molecule has 0 radical (unpaired) electrons. The molecule has 4 heteroatoms. The van der Waals surface area contributed by atoms with E-state index in [0.717, 1.165) is 44.9 Å². The number of allylic oxidation sites excluding steroid dienone is 5. The van der Waals surface area contributed by atoms with Gasteiger partial charge in [-0.05, 0) is 57.8 Å². The Bertz CT molecular complexity index is 882. The van der Waals surface area contributed by atoms with E-state index >= 15 is 0 Å². The normalized spacial score (nSPS) is 13.1. The first-order valence-corrected chi connectivity index (χ1v) is 26.2. The molecule has 4 nitrogen and oxygen atoms in total. The van der Waals surface area contributed by atoms with E-state index in [0.29, 0.717) is 6.42 Å². The van der Waals surface area contributed by atoms with Gasteiger partial charge < -0.3 is 15.5 Å². The van der Waals surface area contributed by atoms with Crippen LogP contribution in [0.3, 0.4) is 0 Å². The third kappa shape index (κ3) is 45.7. The predicted molar refractivity (Wildman–Crippen MR) is 258 cm³/mol. The Balaban J connectivity index is 3.50. The second-order valence-electron chi connectivity index (χ2n) is 17.9. The van der Waals surface area contributed by atoms with Gasteiger partial charge in [0, 0.05) is 6.42 Å². The molecule has 0 bridgehead atoms. The van der Waals surface area contributed by atoms with Crippen molar-refractivity contribution >= 4 is 5.91 Å². The first-order valence-electron chi connectivity index (χ1n) is 26.2. The summed E-state index contributed by atoms with van der Waals surface area (Å²) >= 11 is 0. The number of amides is 1. The number of rotatable bonds is 48. The molecule has 0 rings (SSSR count). The minimum atomic E-state index is -0.865. The van der Waals surface area contributed by atoms with Gasteiger partial charge in [-0.15, -0.1) is 0 Å². The van der Waals surface area contributed by atoms with Crippen molar-refractivity contribution in [1.82, 2.24) is 5.32 Å². The minimum Gasteiger partial charge on any atom is -0.394 e. The molecule has 0 heterocycles. The molecule has 0 aromatic carbocycles. The van der Waals surface area contributed by atoms with E-state index in [4.69, 9.17) is 0 Å². The van der Waals surface area contributed by atoms with Gasteiger partial charge in [-0.2, -0.15) is 0 Å². The highest BCUT2D eigenvalue weighted by atomic mass is 16.3. The molecule has 0 aromatic heterocycles. The summed E-state index contributed by atoms with van der Waals surface area (Å²) in [6.45, 7) is 4.31. The molecular weight excluding hydrogens is 711 g/mol. The molecule has 0 aliphatic rings. The smallest absolute Gasteiger partial charge is 0.220 e. The fourth-order valence-corrected chi connectivity index (χ4v) is 8.07. The van der Waals surface area contributed by atoms with Gasteiger partial charge in [-0.25, -0.2) is 0 Å². The van der Waals surface area contributed by atoms with Crippen LogP contribution in [0.25, 0.3) is 0 Å². The van der Waals surface area contributed by atoms with Crippen molar-refractivity contribution in [2.45, 2.75) is 296 Å². The first kappa shape index (κ1) is 56.6. The SMILES string of the molecule is CCCCCCCC/C=C\CCCCCCCC(=O)NC(CO)C(O)/C=C/CC/C=C/CCCCCCCCCCCCCCCCCCCCCCCCCCC. The van der Waals surface area contributed by atoms with Gasteiger partial charge >= 0.3 is 0 Å². The number of carbonyl (C=O) groups is 1. The van der Waals surface area contributed by atoms with E-state index in [2.05, 4.69) is 43.5 Å². The molecule has 0 aliphatic heterocycles. The number of aliphatic hydroxyl groups excluding tert-OH is 2. The fraction of sp³-hybridized carbons (Fsp3) is 0.870. The summed E-state index contributed by atoms with van der Waals surface area (Å²) in [5.41, 5.74) is 0. The van der Waals surface area contributed by atoms with Crippen molar-refractivity contribution in [2.75, 3.05) is 6.61 Å². The van der Waals surface area contributed by atoms with E-state index in [1.54, 1.807) is 6.08 Å². The highest BCUT2D eigenvalue weighted by Crippen LogP contribution is 2.17. The zero-order chi connectivity index (χ0) is 42.1. The van der Waals surface area contributed by atoms with Crippen LogP contribution in [0.2, 0.25) is 0 Å². The van der Waals surface area contributed by atoms with Gasteiger partial charge in [-0.1, -0.05) is 256 Å². The zero-order valence-corrected chi connectivity index (χ0v) is 39.3. The Morgan fingerprint density at radius 3 is 1.00 bits per heavy atom. The van der Waals surface area contributed by atoms with E-state index in [1.165, 1.54) is 218 Å². The molecule has 0 aliphatic carbocycles. The molecular formula is C54H103NO3. The van der Waals surface area contributed by atoms with Gasteiger partial charge in [-0.3, -0.25) is 4.79 Å². The van der Waals surface area contributed by atoms with Crippen LogP contribution in [0.1, 0.15) is 284 Å². The van der Waals surface area contributed by atoms with Crippen molar-refractivity contribution in [3.8, 4) is 0 Å². The lowest BCUT2D eigenvalue weighted by atomic mass is 10.0. The number of aliphatic hydroxyl groups is 2. The molecule has 1 amide bonds.